The summed E-state index contributed by atoms with van der Waals surface area (Å²) in [5.74, 6) is 0.416. The third kappa shape index (κ3) is 2.86. The van der Waals surface area contributed by atoms with Crippen LogP contribution in [0.5, 0.6) is 5.75 Å². The van der Waals surface area contributed by atoms with Gasteiger partial charge in [0.25, 0.3) is 5.91 Å². The molecular formula is C15H12N2O2S2. The number of carbonyl (C=O) groups is 1. The van der Waals surface area contributed by atoms with Crippen molar-refractivity contribution in [3.8, 4) is 5.75 Å². The molecule has 0 radical (unpaired) electrons. The SMILES string of the molecule is COc1ccc(Sc2cncc3sc(C(N)=O)cc23)cc1. The molecule has 0 atom stereocenters. The predicted molar refractivity (Wildman–Crippen MR) is 85.3 cm³/mol. The zero-order valence-electron chi connectivity index (χ0n) is 11.2. The zero-order chi connectivity index (χ0) is 14.8. The van der Waals surface area contributed by atoms with Gasteiger partial charge in [-0.15, -0.1) is 11.3 Å². The van der Waals surface area contributed by atoms with Crippen molar-refractivity contribution in [2.45, 2.75) is 9.79 Å². The van der Waals surface area contributed by atoms with Gasteiger partial charge in [0.2, 0.25) is 0 Å². The first-order valence-electron chi connectivity index (χ1n) is 6.16. The van der Waals surface area contributed by atoms with Crippen LogP contribution in [0, 0.1) is 0 Å². The second-order valence-corrected chi connectivity index (χ2v) is 6.50. The highest BCUT2D eigenvalue weighted by Gasteiger charge is 2.11. The molecule has 0 aliphatic heterocycles. The third-order valence-corrected chi connectivity index (χ3v) is 5.08. The number of carbonyl (C=O) groups excluding carboxylic acids is 1. The van der Waals surface area contributed by atoms with Gasteiger partial charge < -0.3 is 10.5 Å². The fourth-order valence-electron chi connectivity index (χ4n) is 1.91. The van der Waals surface area contributed by atoms with E-state index in [1.807, 2.05) is 30.3 Å². The van der Waals surface area contributed by atoms with E-state index in [0.717, 1.165) is 25.6 Å². The first kappa shape index (κ1) is 13.9. The normalized spacial score (nSPS) is 10.7. The smallest absolute Gasteiger partial charge is 0.258 e. The van der Waals surface area contributed by atoms with Crippen LogP contribution in [-0.4, -0.2) is 18.0 Å². The largest absolute Gasteiger partial charge is 0.497 e. The number of hydrogen-bond donors (Lipinski definition) is 1. The lowest BCUT2D eigenvalue weighted by molar-refractivity contribution is 0.100. The number of primary amides is 1. The van der Waals surface area contributed by atoms with Crippen molar-refractivity contribution in [1.29, 1.82) is 0 Å². The second kappa shape index (κ2) is 5.75. The maximum Gasteiger partial charge on any atom is 0.258 e. The number of fused-ring (bicyclic) bond motifs is 1. The van der Waals surface area contributed by atoms with E-state index in [1.54, 1.807) is 31.3 Å². The Bertz CT molecular complexity index is 797. The van der Waals surface area contributed by atoms with Crippen LogP contribution in [0.4, 0.5) is 0 Å². The molecule has 1 amide bonds. The molecule has 2 heterocycles. The molecule has 0 aliphatic rings. The summed E-state index contributed by atoms with van der Waals surface area (Å²) in [4.78, 5) is 18.2. The number of amides is 1. The molecule has 0 unspecified atom stereocenters. The van der Waals surface area contributed by atoms with Crippen LogP contribution >= 0.6 is 23.1 Å². The zero-order valence-corrected chi connectivity index (χ0v) is 12.8. The van der Waals surface area contributed by atoms with Crippen molar-refractivity contribution >= 4 is 39.1 Å². The summed E-state index contributed by atoms with van der Waals surface area (Å²) < 4.78 is 6.11. The number of pyridine rings is 1. The van der Waals surface area contributed by atoms with E-state index in [4.69, 9.17) is 10.5 Å². The van der Waals surface area contributed by atoms with Crippen molar-refractivity contribution in [2.75, 3.05) is 7.11 Å². The molecule has 2 N–H and O–H groups in total. The Kier molecular flexibility index (Phi) is 3.81. The Morgan fingerprint density at radius 2 is 2.05 bits per heavy atom. The molecule has 6 heteroatoms. The van der Waals surface area contributed by atoms with E-state index in [1.165, 1.54) is 11.3 Å². The lowest BCUT2D eigenvalue weighted by atomic mass is 10.3. The average Bonchev–Trinajstić information content (AvgIpc) is 2.93. The van der Waals surface area contributed by atoms with Gasteiger partial charge in [0.15, 0.2) is 0 Å². The fraction of sp³-hybridized carbons (Fsp3) is 0.0667. The Labute approximate surface area is 129 Å². The lowest BCUT2D eigenvalue weighted by Gasteiger charge is -2.04. The van der Waals surface area contributed by atoms with Gasteiger partial charge in [-0.25, -0.2) is 0 Å². The number of methoxy groups -OCH3 is 1. The Morgan fingerprint density at radius 3 is 2.71 bits per heavy atom. The number of benzene rings is 1. The van der Waals surface area contributed by atoms with Crippen LogP contribution < -0.4 is 10.5 Å². The summed E-state index contributed by atoms with van der Waals surface area (Å²) in [6, 6.07) is 9.64. The number of nitrogens with two attached hydrogens (primary N) is 1. The first-order chi connectivity index (χ1) is 10.2. The van der Waals surface area contributed by atoms with E-state index < -0.39 is 5.91 Å². The molecule has 0 bridgehead atoms. The molecular weight excluding hydrogens is 304 g/mol. The highest BCUT2D eigenvalue weighted by molar-refractivity contribution is 7.99. The van der Waals surface area contributed by atoms with Gasteiger partial charge in [-0.05, 0) is 30.3 Å². The van der Waals surface area contributed by atoms with E-state index in [9.17, 15) is 4.79 Å². The van der Waals surface area contributed by atoms with E-state index in [2.05, 4.69) is 4.98 Å². The molecule has 3 rings (SSSR count). The molecule has 0 spiro atoms. The summed E-state index contributed by atoms with van der Waals surface area (Å²) >= 11 is 2.96. The first-order valence-corrected chi connectivity index (χ1v) is 7.80. The lowest BCUT2D eigenvalue weighted by Crippen LogP contribution is -2.08. The maximum atomic E-state index is 11.3. The van der Waals surface area contributed by atoms with E-state index in [-0.39, 0.29) is 0 Å². The van der Waals surface area contributed by atoms with Gasteiger partial charge in [0.1, 0.15) is 5.75 Å². The minimum atomic E-state index is -0.406. The summed E-state index contributed by atoms with van der Waals surface area (Å²) in [7, 11) is 1.64. The minimum Gasteiger partial charge on any atom is -0.497 e. The van der Waals surface area contributed by atoms with Crippen LogP contribution in [0.25, 0.3) is 10.1 Å². The van der Waals surface area contributed by atoms with Gasteiger partial charge in [-0.1, -0.05) is 11.8 Å². The molecule has 4 nitrogen and oxygen atoms in total. The number of rotatable bonds is 4. The van der Waals surface area contributed by atoms with Gasteiger partial charge in [0, 0.05) is 27.6 Å². The van der Waals surface area contributed by atoms with Gasteiger partial charge >= 0.3 is 0 Å². The Hall–Kier alpha value is -2.05. The monoisotopic (exact) mass is 316 g/mol. The average molecular weight is 316 g/mol. The highest BCUT2D eigenvalue weighted by Crippen LogP contribution is 2.36. The van der Waals surface area contributed by atoms with Crippen LogP contribution in [-0.2, 0) is 0 Å². The second-order valence-electron chi connectivity index (χ2n) is 4.30. The molecule has 0 saturated carbocycles. The standard InChI is InChI=1S/C15H12N2O2S2/c1-19-9-2-4-10(5-3-9)20-13-7-17-8-14-11(13)6-12(21-14)15(16)18/h2-8H,1H3,(H2,16,18). The highest BCUT2D eigenvalue weighted by atomic mass is 32.2. The van der Waals surface area contributed by atoms with Gasteiger partial charge in [-0.3, -0.25) is 9.78 Å². The van der Waals surface area contributed by atoms with Gasteiger partial charge in [0.05, 0.1) is 16.7 Å². The summed E-state index contributed by atoms with van der Waals surface area (Å²) in [5.41, 5.74) is 5.34. The maximum absolute atomic E-state index is 11.3. The van der Waals surface area contributed by atoms with E-state index >= 15 is 0 Å². The molecule has 106 valence electrons. The Balaban J connectivity index is 1.97. The van der Waals surface area contributed by atoms with Gasteiger partial charge in [-0.2, -0.15) is 0 Å². The molecule has 21 heavy (non-hydrogen) atoms. The van der Waals surface area contributed by atoms with Crippen LogP contribution in [0.2, 0.25) is 0 Å². The Morgan fingerprint density at radius 1 is 1.29 bits per heavy atom. The van der Waals surface area contributed by atoms with Crippen LogP contribution in [0.1, 0.15) is 9.67 Å². The van der Waals surface area contributed by atoms with Crippen LogP contribution in [0.15, 0.2) is 52.5 Å². The molecule has 3 aromatic rings. The fourth-order valence-corrected chi connectivity index (χ4v) is 3.80. The predicted octanol–water partition coefficient (Wildman–Crippen LogP) is 3.56. The number of aromatic nitrogens is 1. The van der Waals surface area contributed by atoms with Crippen LogP contribution in [0.3, 0.4) is 0 Å². The molecule has 1 aromatic carbocycles. The topological polar surface area (TPSA) is 65.2 Å². The third-order valence-electron chi connectivity index (χ3n) is 2.94. The molecule has 2 aromatic heterocycles. The number of nitrogens with zero attached hydrogens (tertiary/aromatic N) is 1. The molecule has 0 aliphatic carbocycles. The molecule has 0 saturated heterocycles. The minimum absolute atomic E-state index is 0.406. The summed E-state index contributed by atoms with van der Waals surface area (Å²) in [6.07, 6.45) is 3.55. The summed E-state index contributed by atoms with van der Waals surface area (Å²) in [5, 5.41) is 1.00. The quantitative estimate of drug-likeness (QED) is 0.799. The summed E-state index contributed by atoms with van der Waals surface area (Å²) in [6.45, 7) is 0. The number of hydrogen-bond acceptors (Lipinski definition) is 5. The van der Waals surface area contributed by atoms with Crippen molar-refractivity contribution in [1.82, 2.24) is 4.98 Å². The van der Waals surface area contributed by atoms with Crippen molar-refractivity contribution in [3.63, 3.8) is 0 Å². The number of ether oxygens (including phenoxy) is 1. The molecule has 0 fully saturated rings. The van der Waals surface area contributed by atoms with E-state index in [0.29, 0.717) is 4.88 Å². The number of thiophene rings is 1. The van der Waals surface area contributed by atoms with Crippen molar-refractivity contribution in [3.05, 3.63) is 47.6 Å². The van der Waals surface area contributed by atoms with Crippen molar-refractivity contribution < 1.29 is 9.53 Å². The van der Waals surface area contributed by atoms with Crippen molar-refractivity contribution in [2.24, 2.45) is 5.73 Å².